The first-order valence-corrected chi connectivity index (χ1v) is 24.4. The average molecular weight is 757 g/mol. The van der Waals surface area contributed by atoms with Gasteiger partial charge in [-0.3, -0.25) is 9.59 Å². The molecule has 0 aliphatic heterocycles. The minimum atomic E-state index is -2.93. The van der Waals surface area contributed by atoms with Gasteiger partial charge in [0.25, 0.3) is 11.8 Å². The first kappa shape index (κ1) is 37.3. The Kier molecular flexibility index (Phi) is 10.5. The largest absolute Gasteiger partial charge is 0.399 e. The lowest BCUT2D eigenvalue weighted by Crippen LogP contribution is -2.52. The number of hydrogen-bond donors (Lipinski definition) is 4. The summed E-state index contributed by atoms with van der Waals surface area (Å²) in [7, 11) is -8.04. The number of nitrogens with two attached hydrogens (primary N) is 2. The van der Waals surface area contributed by atoms with E-state index in [1.54, 1.807) is 110 Å². The molecule has 0 heterocycles. The van der Waals surface area contributed by atoms with Gasteiger partial charge in [0, 0.05) is 55.1 Å². The number of anilines is 4. The third-order valence-corrected chi connectivity index (χ3v) is 18.3. The molecule has 0 aliphatic rings. The number of benzene rings is 6. The summed E-state index contributed by atoms with van der Waals surface area (Å²) in [6, 6.07) is 43.6. The zero-order valence-electron chi connectivity index (χ0n) is 30.0. The van der Waals surface area contributed by atoms with Crippen LogP contribution in [-0.4, -0.2) is 33.2 Å². The number of rotatable bonds is 10. The molecule has 6 rings (SSSR count). The van der Waals surface area contributed by atoms with Crippen molar-refractivity contribution in [3.8, 4) is 0 Å². The highest BCUT2D eigenvalue weighted by Gasteiger charge is 2.27. The van der Waals surface area contributed by atoms with E-state index < -0.39 is 22.4 Å². The summed E-state index contributed by atoms with van der Waals surface area (Å²) in [5.41, 5.74) is 15.1. The van der Waals surface area contributed by atoms with E-state index in [-0.39, 0.29) is 11.8 Å². The van der Waals surface area contributed by atoms with Gasteiger partial charge < -0.3 is 31.2 Å². The van der Waals surface area contributed by atoms with Crippen molar-refractivity contribution in [2.75, 3.05) is 35.4 Å². The van der Waals surface area contributed by atoms with Crippen LogP contribution in [0.15, 0.2) is 146 Å². The quantitative estimate of drug-likeness (QED) is 0.0760. The van der Waals surface area contributed by atoms with E-state index in [1.807, 2.05) is 48.5 Å². The number of carbonyl (C=O) groups excluding carboxylic acids is 2. The maximum Gasteiger partial charge on any atom is 0.255 e. The van der Waals surface area contributed by atoms with Gasteiger partial charge in [-0.1, -0.05) is 96.3 Å². The second-order valence-electron chi connectivity index (χ2n) is 13.8. The molecule has 268 valence electrons. The number of amides is 2. The van der Waals surface area contributed by atoms with Crippen LogP contribution in [0.5, 0.6) is 0 Å². The van der Waals surface area contributed by atoms with Crippen molar-refractivity contribution in [2.24, 2.45) is 0 Å². The van der Waals surface area contributed by atoms with Crippen LogP contribution in [0.25, 0.3) is 0 Å². The van der Waals surface area contributed by atoms with Gasteiger partial charge in [0.15, 0.2) is 0 Å². The van der Waals surface area contributed by atoms with Crippen LogP contribution in [0.1, 0.15) is 20.7 Å². The van der Waals surface area contributed by atoms with Gasteiger partial charge in [-0.15, -0.1) is 0 Å². The Morgan fingerprint density at radius 2 is 0.811 bits per heavy atom. The summed E-state index contributed by atoms with van der Waals surface area (Å²) in [4.78, 5) is 26.5. The monoisotopic (exact) mass is 756 g/mol. The van der Waals surface area contributed by atoms with Crippen LogP contribution >= 0.6 is 14.3 Å². The number of nitrogen functional groups attached to an aromatic ring is 2. The van der Waals surface area contributed by atoms with E-state index in [0.29, 0.717) is 55.1 Å². The Bertz CT molecular complexity index is 2260. The Labute approximate surface area is 311 Å². The smallest absolute Gasteiger partial charge is 0.255 e. The van der Waals surface area contributed by atoms with Crippen molar-refractivity contribution in [2.45, 2.75) is 13.1 Å². The Morgan fingerprint density at radius 1 is 0.491 bits per heavy atom. The molecule has 0 spiro atoms. The molecule has 0 radical (unpaired) electrons. The molecular weight excluding hydrogens is 715 g/mol. The SMILES string of the molecule is C[Si](C)(c1ccc(C(=O)Nc2cccc(P(C)(=O)c3cccc(N)c3)c2)cc1)c1ccc(C(=O)Nc2cccc(P(C)(=O)c3cccc(N)c3)c2)cc1. The summed E-state index contributed by atoms with van der Waals surface area (Å²) in [5.74, 6) is -0.536. The van der Waals surface area contributed by atoms with Crippen LogP contribution in [-0.2, 0) is 9.13 Å². The molecule has 0 saturated heterocycles. The number of nitrogens with one attached hydrogen (secondary N) is 2. The molecule has 6 aromatic carbocycles. The predicted molar refractivity (Wildman–Crippen MR) is 226 cm³/mol. The first-order valence-electron chi connectivity index (χ1n) is 17.1. The van der Waals surface area contributed by atoms with Crippen LogP contribution in [0.2, 0.25) is 13.1 Å². The molecule has 6 N–H and O–H groups in total. The van der Waals surface area contributed by atoms with Gasteiger partial charge in [-0.25, -0.2) is 0 Å². The molecule has 0 saturated carbocycles. The van der Waals surface area contributed by atoms with E-state index in [1.165, 1.54) is 0 Å². The summed E-state index contributed by atoms with van der Waals surface area (Å²) in [6.07, 6.45) is 0. The maximum atomic E-state index is 13.7. The van der Waals surface area contributed by atoms with Gasteiger partial charge in [0.2, 0.25) is 0 Å². The molecule has 0 aromatic heterocycles. The van der Waals surface area contributed by atoms with Crippen molar-refractivity contribution in [3.05, 3.63) is 157 Å². The Morgan fingerprint density at radius 3 is 1.15 bits per heavy atom. The predicted octanol–water partition coefficient (Wildman–Crippen LogP) is 6.07. The van der Waals surface area contributed by atoms with Crippen molar-refractivity contribution >= 4 is 88.5 Å². The van der Waals surface area contributed by atoms with Gasteiger partial charge in [-0.05, 0) is 86.1 Å². The summed E-state index contributed by atoms with van der Waals surface area (Å²) in [6.45, 7) is 7.85. The van der Waals surface area contributed by atoms with Gasteiger partial charge in [-0.2, -0.15) is 0 Å². The maximum absolute atomic E-state index is 13.7. The van der Waals surface area contributed by atoms with Crippen molar-refractivity contribution in [1.29, 1.82) is 0 Å². The lowest BCUT2D eigenvalue weighted by molar-refractivity contribution is 0.101. The molecule has 8 nitrogen and oxygen atoms in total. The van der Waals surface area contributed by atoms with Gasteiger partial charge >= 0.3 is 0 Å². The number of hydrogen-bond acceptors (Lipinski definition) is 6. The van der Waals surface area contributed by atoms with Gasteiger partial charge in [0.1, 0.15) is 22.4 Å². The summed E-state index contributed by atoms with van der Waals surface area (Å²) in [5, 5.41) is 10.7. The molecule has 6 aromatic rings. The van der Waals surface area contributed by atoms with E-state index in [2.05, 4.69) is 23.7 Å². The zero-order chi connectivity index (χ0) is 38.0. The lowest BCUT2D eigenvalue weighted by atomic mass is 10.2. The second-order valence-corrected chi connectivity index (χ2v) is 24.0. The molecular formula is C42H42N4O4P2Si. The van der Waals surface area contributed by atoms with E-state index in [4.69, 9.17) is 11.5 Å². The Balaban J connectivity index is 1.11. The highest BCUT2D eigenvalue weighted by atomic mass is 31.2. The minimum absolute atomic E-state index is 0.268. The fraction of sp³-hybridized carbons (Fsp3) is 0.0952. The van der Waals surface area contributed by atoms with Crippen LogP contribution < -0.4 is 53.7 Å². The fourth-order valence-electron chi connectivity index (χ4n) is 6.23. The standard InChI is InChI=1S/C42H42N4O4P2Si/c1-51(49,35-13-5-9-31(43)25-35)37-15-7-11-33(27-37)45-41(47)29-17-21-39(22-18-29)53(3,4)40-23-19-30(20-24-40)42(48)46-34-12-8-16-38(28-34)52(2,50)36-14-6-10-32(44)26-36/h5-28H,43-44H2,1-4H3,(H,45,47)(H,46,48). The zero-order valence-corrected chi connectivity index (χ0v) is 32.8. The van der Waals surface area contributed by atoms with Crippen molar-refractivity contribution in [3.63, 3.8) is 0 Å². The normalized spacial score (nSPS) is 13.7. The molecule has 11 heteroatoms. The summed E-state index contributed by atoms with van der Waals surface area (Å²) < 4.78 is 27.5. The molecule has 2 amide bonds. The number of carbonyl (C=O) groups is 2. The Hall–Kier alpha value is -5.46. The van der Waals surface area contributed by atoms with E-state index in [9.17, 15) is 18.7 Å². The third-order valence-electron chi connectivity index (χ3n) is 9.66. The van der Waals surface area contributed by atoms with E-state index >= 15 is 0 Å². The van der Waals surface area contributed by atoms with Crippen LogP contribution in [0, 0.1) is 0 Å². The highest BCUT2D eigenvalue weighted by Crippen LogP contribution is 2.40. The van der Waals surface area contributed by atoms with Crippen LogP contribution in [0.3, 0.4) is 0 Å². The summed E-state index contributed by atoms with van der Waals surface area (Å²) >= 11 is 0. The average Bonchev–Trinajstić information content (AvgIpc) is 3.15. The lowest BCUT2D eigenvalue weighted by Gasteiger charge is -2.24. The third kappa shape index (κ3) is 8.13. The highest BCUT2D eigenvalue weighted by molar-refractivity contribution is 7.78. The second kappa shape index (κ2) is 14.9. The molecule has 0 aliphatic carbocycles. The van der Waals surface area contributed by atoms with Crippen molar-refractivity contribution in [1.82, 2.24) is 0 Å². The minimum Gasteiger partial charge on any atom is -0.399 e. The van der Waals surface area contributed by atoms with Gasteiger partial charge in [0.05, 0.1) is 0 Å². The van der Waals surface area contributed by atoms with Crippen molar-refractivity contribution < 1.29 is 18.7 Å². The topological polar surface area (TPSA) is 144 Å². The van der Waals surface area contributed by atoms with E-state index in [0.717, 1.165) is 10.4 Å². The molecule has 2 unspecified atom stereocenters. The molecule has 0 bridgehead atoms. The first-order chi connectivity index (χ1) is 25.1. The van der Waals surface area contributed by atoms with Crippen LogP contribution in [0.4, 0.5) is 22.7 Å². The molecule has 0 fully saturated rings. The molecule has 2 atom stereocenters. The fourth-order valence-corrected chi connectivity index (χ4v) is 12.2. The molecule has 53 heavy (non-hydrogen) atoms.